The molecule has 2 aliphatic rings. The minimum atomic E-state index is -1.09. The second-order valence-corrected chi connectivity index (χ2v) is 11.0. The van der Waals surface area contributed by atoms with Gasteiger partial charge in [-0.1, -0.05) is 37.3 Å². The quantitative estimate of drug-likeness (QED) is 0.583. The number of aromatic nitrogens is 2. The molecular formula is C28H39N5O5. The Balaban J connectivity index is 1.34. The number of piperidine rings is 1. The summed E-state index contributed by atoms with van der Waals surface area (Å²) < 4.78 is 7.19. The maximum atomic E-state index is 12.9. The number of nitrogens with zero attached hydrogens (tertiary/aromatic N) is 5. The second-order valence-electron chi connectivity index (χ2n) is 11.0. The van der Waals surface area contributed by atoms with E-state index < -0.39 is 11.2 Å². The van der Waals surface area contributed by atoms with Gasteiger partial charge in [0.2, 0.25) is 5.91 Å². The van der Waals surface area contributed by atoms with Gasteiger partial charge in [0.25, 0.3) is 11.5 Å². The summed E-state index contributed by atoms with van der Waals surface area (Å²) in [6.07, 6.45) is 2.66. The van der Waals surface area contributed by atoms with Crippen LogP contribution in [0.4, 0.5) is 5.82 Å². The Morgan fingerprint density at radius 2 is 1.84 bits per heavy atom. The number of benzene rings is 1. The minimum absolute atomic E-state index is 0.0804. The minimum Gasteiger partial charge on any atom is -0.388 e. The summed E-state index contributed by atoms with van der Waals surface area (Å²) in [7, 11) is 3.37. The van der Waals surface area contributed by atoms with Crippen molar-refractivity contribution < 1.29 is 19.4 Å². The van der Waals surface area contributed by atoms with Crippen LogP contribution >= 0.6 is 0 Å². The predicted octanol–water partition coefficient (Wildman–Crippen LogP) is 1.47. The molecule has 206 valence electrons. The number of carbonyl (C=O) groups excluding carboxylic acids is 2. The molecule has 0 radical (unpaired) electrons. The average molecular weight is 526 g/mol. The molecule has 0 aliphatic carbocycles. The summed E-state index contributed by atoms with van der Waals surface area (Å²) in [6, 6.07) is 11.4. The highest BCUT2D eigenvalue weighted by molar-refractivity contribution is 5.85. The van der Waals surface area contributed by atoms with Crippen LogP contribution in [0.15, 0.2) is 47.5 Å². The molecule has 2 fully saturated rings. The van der Waals surface area contributed by atoms with Gasteiger partial charge in [-0.05, 0) is 31.2 Å². The maximum Gasteiger partial charge on any atom is 0.255 e. The average Bonchev–Trinajstić information content (AvgIpc) is 2.90. The van der Waals surface area contributed by atoms with E-state index in [9.17, 15) is 19.5 Å². The zero-order valence-electron chi connectivity index (χ0n) is 22.8. The lowest BCUT2D eigenvalue weighted by Crippen LogP contribution is -2.58. The van der Waals surface area contributed by atoms with Gasteiger partial charge in [-0.3, -0.25) is 19.0 Å². The fourth-order valence-electron chi connectivity index (χ4n) is 5.31. The van der Waals surface area contributed by atoms with Crippen LogP contribution in [0.5, 0.6) is 0 Å². The summed E-state index contributed by atoms with van der Waals surface area (Å²) in [5.74, 6) is 0.541. The first-order chi connectivity index (χ1) is 18.0. The van der Waals surface area contributed by atoms with Crippen LogP contribution in [-0.2, 0) is 20.9 Å². The molecule has 0 bridgehead atoms. The molecule has 1 unspecified atom stereocenters. The Morgan fingerprint density at radius 1 is 1.16 bits per heavy atom. The van der Waals surface area contributed by atoms with Crippen molar-refractivity contribution in [1.29, 1.82) is 0 Å². The van der Waals surface area contributed by atoms with E-state index in [1.165, 1.54) is 21.9 Å². The molecule has 0 spiro atoms. The zero-order valence-corrected chi connectivity index (χ0v) is 22.8. The second kappa shape index (κ2) is 11.2. The first-order valence-corrected chi connectivity index (χ1v) is 13.2. The standard InChI is InChI=1S/C28H39N5O5/c1-21(22-8-6-5-7-9-22)16-24(34)31-12-10-28(37,11-13-31)19-33-20-29-23(17-25(33)35)32-14-15-38-27(2,18-32)26(36)30(3)4/h5-9,17,20-21,37H,10-16,18-19H2,1-4H3/t21-,27?/m1/s1. The van der Waals surface area contributed by atoms with Gasteiger partial charge < -0.3 is 24.5 Å². The third-order valence-electron chi connectivity index (χ3n) is 7.68. The fourth-order valence-corrected chi connectivity index (χ4v) is 5.31. The molecule has 38 heavy (non-hydrogen) atoms. The summed E-state index contributed by atoms with van der Waals surface area (Å²) in [4.78, 5) is 48.1. The number of morpholine rings is 1. The summed E-state index contributed by atoms with van der Waals surface area (Å²) >= 11 is 0. The van der Waals surface area contributed by atoms with Gasteiger partial charge >= 0.3 is 0 Å². The first kappa shape index (κ1) is 27.8. The Bertz CT molecular complexity index is 1190. The highest BCUT2D eigenvalue weighted by Crippen LogP contribution is 2.27. The number of hydrogen-bond donors (Lipinski definition) is 1. The van der Waals surface area contributed by atoms with E-state index in [0.717, 1.165) is 5.56 Å². The van der Waals surface area contributed by atoms with Crippen LogP contribution < -0.4 is 10.5 Å². The number of aliphatic hydroxyl groups is 1. The third kappa shape index (κ3) is 6.24. The molecule has 1 aromatic heterocycles. The number of hydrogen-bond acceptors (Lipinski definition) is 7. The first-order valence-electron chi connectivity index (χ1n) is 13.2. The molecule has 2 amide bonds. The maximum absolute atomic E-state index is 12.9. The molecule has 2 aliphatic heterocycles. The van der Waals surface area contributed by atoms with E-state index in [2.05, 4.69) is 4.98 Å². The highest BCUT2D eigenvalue weighted by atomic mass is 16.5. The molecule has 0 saturated carbocycles. The van der Waals surface area contributed by atoms with Gasteiger partial charge in [0.15, 0.2) is 5.60 Å². The molecule has 2 atom stereocenters. The van der Waals surface area contributed by atoms with Crippen LogP contribution in [-0.4, -0.2) is 94.4 Å². The van der Waals surface area contributed by atoms with Crippen molar-refractivity contribution in [2.45, 2.75) is 56.8 Å². The number of carbonyl (C=O) groups is 2. The molecule has 1 N–H and O–H groups in total. The zero-order chi connectivity index (χ0) is 27.5. The molecule has 3 heterocycles. The van der Waals surface area contributed by atoms with Crippen molar-refractivity contribution in [3.05, 3.63) is 58.6 Å². The number of rotatable bonds is 7. The predicted molar refractivity (Wildman–Crippen MR) is 144 cm³/mol. The number of likely N-dealkylation sites (tertiary alicyclic amines) is 1. The van der Waals surface area contributed by atoms with Crippen molar-refractivity contribution >= 4 is 17.6 Å². The lowest BCUT2D eigenvalue weighted by Gasteiger charge is -2.41. The number of ether oxygens (including phenoxy) is 1. The highest BCUT2D eigenvalue weighted by Gasteiger charge is 2.41. The van der Waals surface area contributed by atoms with E-state index in [-0.39, 0.29) is 36.4 Å². The van der Waals surface area contributed by atoms with Gasteiger partial charge in [-0.2, -0.15) is 0 Å². The Labute approximate surface area is 223 Å². The van der Waals surface area contributed by atoms with Gasteiger partial charge in [-0.15, -0.1) is 0 Å². The Morgan fingerprint density at radius 3 is 2.47 bits per heavy atom. The Hall–Kier alpha value is -3.24. The number of amides is 2. The lowest BCUT2D eigenvalue weighted by atomic mass is 9.90. The van der Waals surface area contributed by atoms with Crippen molar-refractivity contribution in [2.24, 2.45) is 0 Å². The third-order valence-corrected chi connectivity index (χ3v) is 7.68. The largest absolute Gasteiger partial charge is 0.388 e. The monoisotopic (exact) mass is 525 g/mol. The van der Waals surface area contributed by atoms with Gasteiger partial charge in [0.1, 0.15) is 5.82 Å². The van der Waals surface area contributed by atoms with Crippen LogP contribution in [0.2, 0.25) is 0 Å². The van der Waals surface area contributed by atoms with E-state index in [1.54, 1.807) is 21.0 Å². The van der Waals surface area contributed by atoms with Crippen molar-refractivity contribution in [3.63, 3.8) is 0 Å². The smallest absolute Gasteiger partial charge is 0.255 e. The number of anilines is 1. The fraction of sp³-hybridized carbons (Fsp3) is 0.571. The molecule has 4 rings (SSSR count). The topological polar surface area (TPSA) is 108 Å². The molecule has 10 heteroatoms. The van der Waals surface area contributed by atoms with Gasteiger partial charge in [0.05, 0.1) is 31.6 Å². The van der Waals surface area contributed by atoms with Crippen LogP contribution in [0.3, 0.4) is 0 Å². The van der Waals surface area contributed by atoms with Crippen LogP contribution in [0.25, 0.3) is 0 Å². The van der Waals surface area contributed by atoms with E-state index in [1.807, 2.05) is 47.1 Å². The van der Waals surface area contributed by atoms with Crippen LogP contribution in [0.1, 0.15) is 44.6 Å². The summed E-state index contributed by atoms with van der Waals surface area (Å²) in [5.41, 5.74) is -1.25. The number of likely N-dealkylation sites (N-methyl/N-ethyl adjacent to an activating group) is 1. The van der Waals surface area contributed by atoms with E-state index in [0.29, 0.717) is 51.3 Å². The van der Waals surface area contributed by atoms with E-state index >= 15 is 0 Å². The molecule has 10 nitrogen and oxygen atoms in total. The summed E-state index contributed by atoms with van der Waals surface area (Å²) in [5, 5.41) is 11.2. The van der Waals surface area contributed by atoms with Gasteiger partial charge in [-0.25, -0.2) is 4.98 Å². The summed E-state index contributed by atoms with van der Waals surface area (Å²) in [6.45, 7) is 5.96. The van der Waals surface area contributed by atoms with Crippen molar-refractivity contribution in [1.82, 2.24) is 19.4 Å². The molecule has 2 saturated heterocycles. The molecule has 2 aromatic rings. The normalized spacial score (nSPS) is 22.1. The molecular weight excluding hydrogens is 486 g/mol. The van der Waals surface area contributed by atoms with Crippen molar-refractivity contribution in [3.8, 4) is 0 Å². The van der Waals surface area contributed by atoms with Crippen LogP contribution in [0, 0.1) is 0 Å². The molecule has 1 aromatic carbocycles. The van der Waals surface area contributed by atoms with Crippen molar-refractivity contribution in [2.75, 3.05) is 51.8 Å². The van der Waals surface area contributed by atoms with Gasteiger partial charge in [0, 0.05) is 46.2 Å². The SMILES string of the molecule is C[C@H](CC(=O)N1CCC(O)(Cn2cnc(N3CCOC(C)(C(=O)N(C)C)C3)cc2=O)CC1)c1ccccc1. The Kier molecular flexibility index (Phi) is 8.22. The van der Waals surface area contributed by atoms with E-state index in [4.69, 9.17) is 4.74 Å². The lowest BCUT2D eigenvalue weighted by molar-refractivity contribution is -0.155.